The molecule has 1 heterocycles. The predicted octanol–water partition coefficient (Wildman–Crippen LogP) is 1.60. The highest BCUT2D eigenvalue weighted by Gasteiger charge is 2.53. The second-order valence-electron chi connectivity index (χ2n) is 4.10. The van der Waals surface area contributed by atoms with Gasteiger partial charge in [-0.1, -0.05) is 0 Å². The summed E-state index contributed by atoms with van der Waals surface area (Å²) < 4.78 is 47.0. The molecule has 1 unspecified atom stereocenters. The van der Waals surface area contributed by atoms with Crippen molar-refractivity contribution in [3.63, 3.8) is 0 Å². The van der Waals surface area contributed by atoms with Crippen LogP contribution in [-0.2, 0) is 9.47 Å². The molecule has 1 saturated carbocycles. The number of aliphatic hydroxyl groups is 1. The molecule has 2 aliphatic rings. The van der Waals surface area contributed by atoms with E-state index in [4.69, 9.17) is 9.47 Å². The highest BCUT2D eigenvalue weighted by atomic mass is 19.4. The summed E-state index contributed by atoms with van der Waals surface area (Å²) in [4.78, 5) is 0. The molecule has 1 N–H and O–H groups in total. The molecule has 3 nitrogen and oxygen atoms in total. The maximum Gasteiger partial charge on any atom is 0.417 e. The topological polar surface area (TPSA) is 38.7 Å². The van der Waals surface area contributed by atoms with Gasteiger partial charge in [-0.25, -0.2) is 0 Å². The van der Waals surface area contributed by atoms with Gasteiger partial charge in [0.25, 0.3) is 0 Å². The molecule has 1 saturated heterocycles. The molecule has 1 aliphatic heterocycles. The Balaban J connectivity index is 1.97. The Kier molecular flexibility index (Phi) is 2.68. The van der Waals surface area contributed by atoms with Gasteiger partial charge >= 0.3 is 6.18 Å². The summed E-state index contributed by atoms with van der Waals surface area (Å²) in [6, 6.07) is 0. The Bertz CT molecular complexity index is 233. The molecule has 1 aliphatic carbocycles. The Labute approximate surface area is 85.2 Å². The molecule has 0 amide bonds. The number of aliphatic hydroxyl groups excluding tert-OH is 1. The van der Waals surface area contributed by atoms with Crippen LogP contribution in [-0.4, -0.2) is 35.9 Å². The van der Waals surface area contributed by atoms with Gasteiger partial charge in [0.05, 0.1) is 12.7 Å². The number of alkyl halides is 3. The summed E-state index contributed by atoms with van der Waals surface area (Å²) in [5, 5.41) is 9.25. The summed E-state index contributed by atoms with van der Waals surface area (Å²) in [5.41, 5.74) is 0. The molecule has 0 radical (unpaired) electrons. The van der Waals surface area contributed by atoms with E-state index in [1.807, 2.05) is 0 Å². The van der Waals surface area contributed by atoms with Crippen LogP contribution >= 0.6 is 0 Å². The lowest BCUT2D eigenvalue weighted by Gasteiger charge is -2.34. The second kappa shape index (κ2) is 3.61. The zero-order chi connectivity index (χ0) is 11.1. The van der Waals surface area contributed by atoms with Crippen molar-refractivity contribution < 1.29 is 27.8 Å². The summed E-state index contributed by atoms with van der Waals surface area (Å²) in [7, 11) is 0. The zero-order valence-corrected chi connectivity index (χ0v) is 8.09. The van der Waals surface area contributed by atoms with E-state index in [1.165, 1.54) is 0 Å². The highest BCUT2D eigenvalue weighted by Crippen LogP contribution is 2.41. The maximum absolute atomic E-state index is 12.3. The monoisotopic (exact) mass is 226 g/mol. The Morgan fingerprint density at radius 2 is 1.80 bits per heavy atom. The minimum absolute atomic E-state index is 0.334. The minimum Gasteiger partial charge on any atom is -0.393 e. The fraction of sp³-hybridized carbons (Fsp3) is 1.00. The molecule has 88 valence electrons. The first kappa shape index (κ1) is 11.2. The van der Waals surface area contributed by atoms with E-state index in [0.717, 1.165) is 0 Å². The van der Waals surface area contributed by atoms with Gasteiger partial charge in [0.2, 0.25) is 0 Å². The van der Waals surface area contributed by atoms with Crippen LogP contribution in [0.1, 0.15) is 25.7 Å². The Hall–Kier alpha value is -0.330. The van der Waals surface area contributed by atoms with E-state index in [0.29, 0.717) is 25.7 Å². The molecule has 1 spiro atoms. The lowest BCUT2D eigenvalue weighted by atomic mass is 9.92. The van der Waals surface area contributed by atoms with Crippen LogP contribution in [0.4, 0.5) is 13.2 Å². The molecule has 15 heavy (non-hydrogen) atoms. The van der Waals surface area contributed by atoms with Gasteiger partial charge in [0.1, 0.15) is 0 Å². The number of hydrogen-bond acceptors (Lipinski definition) is 3. The fourth-order valence-electron chi connectivity index (χ4n) is 2.02. The summed E-state index contributed by atoms with van der Waals surface area (Å²) >= 11 is 0. The number of halogens is 3. The third-order valence-electron chi connectivity index (χ3n) is 2.94. The van der Waals surface area contributed by atoms with Gasteiger partial charge in [0.15, 0.2) is 11.9 Å². The quantitative estimate of drug-likeness (QED) is 0.681. The standard InChI is InChI=1S/C9H13F3O3/c10-9(11,12)7-5-14-8(15-7)3-1-6(13)2-4-8/h6-7,13H,1-5H2. The molecule has 1 atom stereocenters. The first-order chi connectivity index (χ1) is 6.91. The number of rotatable bonds is 0. The van der Waals surface area contributed by atoms with Crippen molar-refractivity contribution in [2.24, 2.45) is 0 Å². The minimum atomic E-state index is -4.36. The first-order valence-electron chi connectivity index (χ1n) is 4.98. The van der Waals surface area contributed by atoms with E-state index < -0.39 is 30.8 Å². The van der Waals surface area contributed by atoms with E-state index >= 15 is 0 Å². The molecular formula is C9H13F3O3. The van der Waals surface area contributed by atoms with Crippen molar-refractivity contribution in [1.82, 2.24) is 0 Å². The van der Waals surface area contributed by atoms with Gasteiger partial charge in [-0.2, -0.15) is 13.2 Å². The molecule has 0 bridgehead atoms. The normalized spacial score (nSPS) is 42.4. The average molecular weight is 226 g/mol. The van der Waals surface area contributed by atoms with Crippen molar-refractivity contribution in [3.8, 4) is 0 Å². The average Bonchev–Trinajstić information content (AvgIpc) is 2.55. The molecule has 0 aromatic heterocycles. The summed E-state index contributed by atoms with van der Waals surface area (Å²) in [6.45, 7) is -0.431. The van der Waals surface area contributed by atoms with Crippen molar-refractivity contribution in [2.45, 2.75) is 49.9 Å². The van der Waals surface area contributed by atoms with Gasteiger partial charge in [0, 0.05) is 12.8 Å². The summed E-state index contributed by atoms with van der Waals surface area (Å²) in [6.07, 6.45) is -5.07. The van der Waals surface area contributed by atoms with Crippen LogP contribution in [0.15, 0.2) is 0 Å². The smallest absolute Gasteiger partial charge is 0.393 e. The van der Waals surface area contributed by atoms with Crippen molar-refractivity contribution in [2.75, 3.05) is 6.61 Å². The highest BCUT2D eigenvalue weighted by molar-refractivity contribution is 4.87. The zero-order valence-electron chi connectivity index (χ0n) is 8.09. The van der Waals surface area contributed by atoms with E-state index in [-0.39, 0.29) is 0 Å². The SMILES string of the molecule is OC1CCC2(CC1)OCC(C(F)(F)F)O2. The van der Waals surface area contributed by atoms with E-state index in [9.17, 15) is 18.3 Å². The van der Waals surface area contributed by atoms with Gasteiger partial charge < -0.3 is 14.6 Å². The van der Waals surface area contributed by atoms with E-state index in [1.54, 1.807) is 0 Å². The van der Waals surface area contributed by atoms with E-state index in [2.05, 4.69) is 0 Å². The van der Waals surface area contributed by atoms with Crippen LogP contribution in [0.25, 0.3) is 0 Å². The molecule has 0 aromatic carbocycles. The van der Waals surface area contributed by atoms with Crippen LogP contribution in [0, 0.1) is 0 Å². The van der Waals surface area contributed by atoms with Crippen molar-refractivity contribution >= 4 is 0 Å². The Morgan fingerprint density at radius 3 is 2.27 bits per heavy atom. The third-order valence-corrected chi connectivity index (χ3v) is 2.94. The number of ether oxygens (including phenoxy) is 2. The molecular weight excluding hydrogens is 213 g/mol. The van der Waals surface area contributed by atoms with Gasteiger partial charge in [-0.05, 0) is 12.8 Å². The van der Waals surface area contributed by atoms with Crippen molar-refractivity contribution in [1.29, 1.82) is 0 Å². The second-order valence-corrected chi connectivity index (χ2v) is 4.10. The van der Waals surface area contributed by atoms with Crippen molar-refractivity contribution in [3.05, 3.63) is 0 Å². The molecule has 6 heteroatoms. The largest absolute Gasteiger partial charge is 0.417 e. The maximum atomic E-state index is 12.3. The van der Waals surface area contributed by atoms with Crippen LogP contribution in [0.3, 0.4) is 0 Å². The lowest BCUT2D eigenvalue weighted by molar-refractivity contribution is -0.253. The predicted molar refractivity (Wildman–Crippen MR) is 44.1 cm³/mol. The van der Waals surface area contributed by atoms with Gasteiger partial charge in [-0.15, -0.1) is 0 Å². The summed E-state index contributed by atoms with van der Waals surface area (Å²) in [5.74, 6) is -1.10. The molecule has 2 fully saturated rings. The fourth-order valence-corrected chi connectivity index (χ4v) is 2.02. The molecule has 2 rings (SSSR count). The first-order valence-corrected chi connectivity index (χ1v) is 4.98. The van der Waals surface area contributed by atoms with Crippen LogP contribution in [0.2, 0.25) is 0 Å². The number of hydrogen-bond donors (Lipinski definition) is 1. The lowest BCUT2D eigenvalue weighted by Crippen LogP contribution is -2.39. The Morgan fingerprint density at radius 1 is 1.20 bits per heavy atom. The van der Waals surface area contributed by atoms with Crippen LogP contribution in [0.5, 0.6) is 0 Å². The van der Waals surface area contributed by atoms with Crippen LogP contribution < -0.4 is 0 Å². The third kappa shape index (κ3) is 2.26. The van der Waals surface area contributed by atoms with Gasteiger partial charge in [-0.3, -0.25) is 0 Å². The molecule has 0 aromatic rings.